The van der Waals surface area contributed by atoms with E-state index in [9.17, 15) is 14.4 Å². The molecule has 33 heavy (non-hydrogen) atoms. The van der Waals surface area contributed by atoms with Crippen LogP contribution >= 0.6 is 11.8 Å². The van der Waals surface area contributed by atoms with Gasteiger partial charge in [0.05, 0.1) is 5.25 Å². The van der Waals surface area contributed by atoms with Gasteiger partial charge in [-0.3, -0.25) is 14.4 Å². The second kappa shape index (κ2) is 14.3. The van der Waals surface area contributed by atoms with Gasteiger partial charge in [-0.2, -0.15) is 0 Å². The molecule has 5 N–H and O–H groups in total. The SMILES string of the molecule is CNC(=O)[C@H](Cc1ccccc1)NC(=O)[C@H](CC(C)C)NC(=O)C(CCCN)SC(C)(C)C. The van der Waals surface area contributed by atoms with Crippen LogP contribution in [0.1, 0.15) is 59.4 Å². The Morgan fingerprint density at radius 3 is 2.09 bits per heavy atom. The lowest BCUT2D eigenvalue weighted by molar-refractivity contribution is -0.132. The Hall–Kier alpha value is -2.06. The maximum absolute atomic E-state index is 13.2. The number of rotatable bonds is 13. The summed E-state index contributed by atoms with van der Waals surface area (Å²) in [4.78, 5) is 38.9. The third-order valence-electron chi connectivity index (χ3n) is 4.96. The van der Waals surface area contributed by atoms with Crippen molar-refractivity contribution in [1.29, 1.82) is 0 Å². The van der Waals surface area contributed by atoms with Gasteiger partial charge in [0.2, 0.25) is 17.7 Å². The lowest BCUT2D eigenvalue weighted by Crippen LogP contribution is -2.55. The number of hydrogen-bond donors (Lipinski definition) is 4. The van der Waals surface area contributed by atoms with Crippen molar-refractivity contribution in [2.45, 2.75) is 82.4 Å². The van der Waals surface area contributed by atoms with Gasteiger partial charge in [-0.05, 0) is 37.3 Å². The van der Waals surface area contributed by atoms with Crippen LogP contribution in [0.2, 0.25) is 0 Å². The standard InChI is InChI=1S/C25H42N4O3S/c1-17(2)15-19(29-24(32)21(13-10-14-26)33-25(3,4)5)23(31)28-20(22(30)27-6)16-18-11-8-7-9-12-18/h7-9,11-12,17,19-21H,10,13-16,26H2,1-6H3,(H,27,30)(H,28,31)(H,29,32)/t19-,20-,21?/m0/s1. The number of nitrogens with two attached hydrogens (primary N) is 1. The molecule has 0 aliphatic heterocycles. The van der Waals surface area contributed by atoms with Crippen molar-refractivity contribution >= 4 is 29.5 Å². The van der Waals surface area contributed by atoms with Crippen molar-refractivity contribution in [2.75, 3.05) is 13.6 Å². The quantitative estimate of drug-likeness (QED) is 0.348. The minimum Gasteiger partial charge on any atom is -0.357 e. The molecule has 1 unspecified atom stereocenters. The molecule has 0 fully saturated rings. The number of likely N-dealkylation sites (N-methyl/N-ethyl adjacent to an activating group) is 1. The molecule has 0 radical (unpaired) electrons. The van der Waals surface area contributed by atoms with E-state index in [1.165, 1.54) is 0 Å². The molecule has 7 nitrogen and oxygen atoms in total. The van der Waals surface area contributed by atoms with Gasteiger partial charge in [-0.1, -0.05) is 65.0 Å². The van der Waals surface area contributed by atoms with E-state index in [-0.39, 0.29) is 33.6 Å². The highest BCUT2D eigenvalue weighted by Crippen LogP contribution is 2.30. The first-order valence-corrected chi connectivity index (χ1v) is 12.6. The van der Waals surface area contributed by atoms with Crippen LogP contribution < -0.4 is 21.7 Å². The summed E-state index contributed by atoms with van der Waals surface area (Å²) in [6.45, 7) is 10.7. The van der Waals surface area contributed by atoms with E-state index in [0.717, 1.165) is 12.0 Å². The smallest absolute Gasteiger partial charge is 0.243 e. The molecule has 1 rings (SSSR count). The highest BCUT2D eigenvalue weighted by molar-refractivity contribution is 8.01. The van der Waals surface area contributed by atoms with Crippen LogP contribution in [0.3, 0.4) is 0 Å². The number of thioether (sulfide) groups is 1. The second-order valence-electron chi connectivity index (χ2n) is 9.71. The Morgan fingerprint density at radius 2 is 1.58 bits per heavy atom. The molecule has 0 saturated carbocycles. The molecule has 0 aromatic heterocycles. The summed E-state index contributed by atoms with van der Waals surface area (Å²) in [7, 11) is 1.55. The number of carbonyl (C=O) groups is 3. The maximum atomic E-state index is 13.2. The maximum Gasteiger partial charge on any atom is 0.243 e. The third-order valence-corrected chi connectivity index (χ3v) is 6.40. The molecule has 0 aliphatic rings. The van der Waals surface area contributed by atoms with Crippen molar-refractivity contribution in [3.8, 4) is 0 Å². The van der Waals surface area contributed by atoms with Crippen LogP contribution in [0.5, 0.6) is 0 Å². The Balaban J connectivity index is 2.99. The van der Waals surface area contributed by atoms with Crippen molar-refractivity contribution in [2.24, 2.45) is 11.7 Å². The van der Waals surface area contributed by atoms with Crippen LogP contribution in [-0.4, -0.2) is 53.4 Å². The van der Waals surface area contributed by atoms with Gasteiger partial charge in [0, 0.05) is 18.2 Å². The number of hydrogen-bond acceptors (Lipinski definition) is 5. The van der Waals surface area contributed by atoms with Crippen LogP contribution in [0.25, 0.3) is 0 Å². The molecule has 186 valence electrons. The van der Waals surface area contributed by atoms with E-state index in [1.54, 1.807) is 18.8 Å². The summed E-state index contributed by atoms with van der Waals surface area (Å²) in [6, 6.07) is 8.09. The summed E-state index contributed by atoms with van der Waals surface area (Å²) in [5, 5.41) is 8.15. The van der Waals surface area contributed by atoms with E-state index >= 15 is 0 Å². The topological polar surface area (TPSA) is 113 Å². The van der Waals surface area contributed by atoms with Gasteiger partial charge in [0.1, 0.15) is 12.1 Å². The Bertz CT molecular complexity index is 750. The van der Waals surface area contributed by atoms with Crippen LogP contribution in [0.4, 0.5) is 0 Å². The molecular formula is C25H42N4O3S. The van der Waals surface area contributed by atoms with E-state index in [0.29, 0.717) is 25.8 Å². The van der Waals surface area contributed by atoms with E-state index in [4.69, 9.17) is 5.73 Å². The minimum absolute atomic E-state index is 0.105. The molecule has 3 amide bonds. The molecule has 1 aromatic rings. The summed E-state index contributed by atoms with van der Waals surface area (Å²) >= 11 is 1.58. The zero-order chi connectivity index (χ0) is 25.0. The molecule has 0 bridgehead atoms. The lowest BCUT2D eigenvalue weighted by atomic mass is 10.0. The monoisotopic (exact) mass is 478 g/mol. The average molecular weight is 479 g/mol. The van der Waals surface area contributed by atoms with Gasteiger partial charge in [0.25, 0.3) is 0 Å². The third kappa shape index (κ3) is 11.6. The van der Waals surface area contributed by atoms with Gasteiger partial charge in [-0.25, -0.2) is 0 Å². The summed E-state index contributed by atoms with van der Waals surface area (Å²) in [5.74, 6) is -0.596. The van der Waals surface area contributed by atoms with Gasteiger partial charge >= 0.3 is 0 Å². The van der Waals surface area contributed by atoms with Gasteiger partial charge in [-0.15, -0.1) is 11.8 Å². The first kappa shape index (κ1) is 29.0. The molecule has 1 aromatic carbocycles. The van der Waals surface area contributed by atoms with Crippen molar-refractivity contribution in [1.82, 2.24) is 16.0 Å². The van der Waals surface area contributed by atoms with E-state index < -0.39 is 12.1 Å². The molecule has 8 heteroatoms. The van der Waals surface area contributed by atoms with Crippen molar-refractivity contribution in [3.05, 3.63) is 35.9 Å². The first-order chi connectivity index (χ1) is 15.5. The minimum atomic E-state index is -0.728. The van der Waals surface area contributed by atoms with Crippen molar-refractivity contribution in [3.63, 3.8) is 0 Å². The molecule has 0 spiro atoms. The fraction of sp³-hybridized carbons (Fsp3) is 0.640. The Kier molecular flexibility index (Phi) is 12.5. The van der Waals surface area contributed by atoms with E-state index in [2.05, 4.69) is 36.7 Å². The molecular weight excluding hydrogens is 436 g/mol. The predicted molar refractivity (Wildman–Crippen MR) is 137 cm³/mol. The number of nitrogens with one attached hydrogen (secondary N) is 3. The fourth-order valence-electron chi connectivity index (χ4n) is 3.45. The lowest BCUT2D eigenvalue weighted by Gasteiger charge is -2.28. The van der Waals surface area contributed by atoms with Crippen molar-refractivity contribution < 1.29 is 14.4 Å². The highest BCUT2D eigenvalue weighted by Gasteiger charge is 2.31. The fourth-order valence-corrected chi connectivity index (χ4v) is 4.76. The normalized spacial score (nSPS) is 14.3. The average Bonchev–Trinajstić information content (AvgIpc) is 2.74. The largest absolute Gasteiger partial charge is 0.357 e. The number of benzene rings is 1. The summed E-state index contributed by atoms with van der Waals surface area (Å²) in [6.07, 6.45) is 2.23. The van der Waals surface area contributed by atoms with Crippen LogP contribution in [0.15, 0.2) is 30.3 Å². The highest BCUT2D eigenvalue weighted by atomic mass is 32.2. The Labute approximate surface area is 203 Å². The molecule has 0 saturated heterocycles. The summed E-state index contributed by atoms with van der Waals surface area (Å²) < 4.78 is -0.105. The number of carbonyl (C=O) groups excluding carboxylic acids is 3. The predicted octanol–water partition coefficient (Wildman–Crippen LogP) is 2.63. The zero-order valence-electron chi connectivity index (χ0n) is 20.9. The van der Waals surface area contributed by atoms with Crippen LogP contribution in [0, 0.1) is 5.92 Å². The zero-order valence-corrected chi connectivity index (χ0v) is 21.8. The molecule has 3 atom stereocenters. The second-order valence-corrected chi connectivity index (χ2v) is 11.7. The van der Waals surface area contributed by atoms with Gasteiger partial charge in [0.15, 0.2) is 0 Å². The number of amides is 3. The molecule has 0 heterocycles. The van der Waals surface area contributed by atoms with Crippen LogP contribution in [-0.2, 0) is 20.8 Å². The van der Waals surface area contributed by atoms with E-state index in [1.807, 2.05) is 44.2 Å². The molecule has 0 aliphatic carbocycles. The Morgan fingerprint density at radius 1 is 0.970 bits per heavy atom. The van der Waals surface area contributed by atoms with Gasteiger partial charge < -0.3 is 21.7 Å². The summed E-state index contributed by atoms with van der Waals surface area (Å²) in [5.41, 5.74) is 6.62. The first-order valence-electron chi connectivity index (χ1n) is 11.7.